The number of hydrogen-bond donors (Lipinski definition) is 1. The Labute approximate surface area is 99.8 Å². The number of anilines is 1. The zero-order valence-electron chi connectivity index (χ0n) is 9.26. The Morgan fingerprint density at radius 2 is 2.20 bits per heavy atom. The standard InChI is InChI=1S/C12H17BrN2/c1-9(2)15-7-6-14-8-10-11(13)4-3-5-12(10)15/h3-5,9,14H,6-8H2,1-2H3. The highest BCUT2D eigenvalue weighted by molar-refractivity contribution is 9.10. The summed E-state index contributed by atoms with van der Waals surface area (Å²) >= 11 is 3.63. The van der Waals surface area contributed by atoms with E-state index in [2.05, 4.69) is 58.2 Å². The summed E-state index contributed by atoms with van der Waals surface area (Å²) in [7, 11) is 0. The van der Waals surface area contributed by atoms with E-state index in [9.17, 15) is 0 Å². The van der Waals surface area contributed by atoms with Crippen molar-refractivity contribution in [2.75, 3.05) is 18.0 Å². The Kier molecular flexibility index (Phi) is 3.32. The lowest BCUT2D eigenvalue weighted by Crippen LogP contribution is -2.34. The van der Waals surface area contributed by atoms with E-state index in [0.29, 0.717) is 6.04 Å². The fourth-order valence-corrected chi connectivity index (χ4v) is 2.56. The Morgan fingerprint density at radius 1 is 1.40 bits per heavy atom. The zero-order valence-corrected chi connectivity index (χ0v) is 10.8. The van der Waals surface area contributed by atoms with Crippen molar-refractivity contribution in [3.8, 4) is 0 Å². The van der Waals surface area contributed by atoms with E-state index in [1.54, 1.807) is 0 Å². The van der Waals surface area contributed by atoms with E-state index < -0.39 is 0 Å². The molecular weight excluding hydrogens is 252 g/mol. The number of fused-ring (bicyclic) bond motifs is 1. The van der Waals surface area contributed by atoms with Gasteiger partial charge >= 0.3 is 0 Å². The lowest BCUT2D eigenvalue weighted by molar-refractivity contribution is 0.646. The molecule has 1 aromatic carbocycles. The van der Waals surface area contributed by atoms with Crippen molar-refractivity contribution >= 4 is 21.6 Å². The van der Waals surface area contributed by atoms with Gasteiger partial charge in [0.05, 0.1) is 0 Å². The molecule has 3 heteroatoms. The molecule has 0 fully saturated rings. The maximum Gasteiger partial charge on any atom is 0.0425 e. The molecular formula is C12H17BrN2. The minimum absolute atomic E-state index is 0.554. The van der Waals surface area contributed by atoms with Gasteiger partial charge in [0.15, 0.2) is 0 Å². The molecule has 1 aliphatic rings. The van der Waals surface area contributed by atoms with Crippen molar-refractivity contribution in [1.29, 1.82) is 0 Å². The summed E-state index contributed by atoms with van der Waals surface area (Å²) < 4.78 is 1.21. The molecule has 0 aliphatic carbocycles. The molecule has 1 heterocycles. The second-order valence-corrected chi connectivity index (χ2v) is 5.06. The molecule has 1 aromatic rings. The van der Waals surface area contributed by atoms with E-state index in [4.69, 9.17) is 0 Å². The smallest absolute Gasteiger partial charge is 0.0425 e. The number of halogens is 1. The molecule has 82 valence electrons. The van der Waals surface area contributed by atoms with Gasteiger partial charge in [-0.25, -0.2) is 0 Å². The molecule has 0 amide bonds. The summed E-state index contributed by atoms with van der Waals surface area (Å²) in [6, 6.07) is 7.00. The lowest BCUT2D eigenvalue weighted by Gasteiger charge is -2.29. The summed E-state index contributed by atoms with van der Waals surface area (Å²) in [5.74, 6) is 0. The van der Waals surface area contributed by atoms with Crippen LogP contribution in [0.4, 0.5) is 5.69 Å². The predicted octanol–water partition coefficient (Wildman–Crippen LogP) is 2.77. The highest BCUT2D eigenvalue weighted by Gasteiger charge is 2.18. The molecule has 0 radical (unpaired) electrons. The van der Waals surface area contributed by atoms with Crippen LogP contribution in [-0.2, 0) is 6.54 Å². The molecule has 15 heavy (non-hydrogen) atoms. The fraction of sp³-hybridized carbons (Fsp3) is 0.500. The number of nitrogens with one attached hydrogen (secondary N) is 1. The molecule has 0 saturated carbocycles. The van der Waals surface area contributed by atoms with Gasteiger partial charge in [-0.2, -0.15) is 0 Å². The van der Waals surface area contributed by atoms with Crippen LogP contribution in [0.5, 0.6) is 0 Å². The molecule has 0 saturated heterocycles. The predicted molar refractivity (Wildman–Crippen MR) is 68.3 cm³/mol. The summed E-state index contributed by atoms with van der Waals surface area (Å²) in [4.78, 5) is 2.46. The second kappa shape index (κ2) is 4.54. The minimum atomic E-state index is 0.554. The van der Waals surface area contributed by atoms with Crippen molar-refractivity contribution in [2.45, 2.75) is 26.4 Å². The molecule has 2 nitrogen and oxygen atoms in total. The molecule has 0 spiro atoms. The van der Waals surface area contributed by atoms with Crippen LogP contribution in [0.3, 0.4) is 0 Å². The first kappa shape index (κ1) is 11.0. The van der Waals surface area contributed by atoms with Crippen molar-refractivity contribution in [3.05, 3.63) is 28.2 Å². The normalized spacial score (nSPS) is 16.4. The Hall–Kier alpha value is -0.540. The van der Waals surface area contributed by atoms with Crippen LogP contribution < -0.4 is 10.2 Å². The van der Waals surface area contributed by atoms with Crippen molar-refractivity contribution < 1.29 is 0 Å². The van der Waals surface area contributed by atoms with Crippen LogP contribution in [0.1, 0.15) is 19.4 Å². The van der Waals surface area contributed by atoms with E-state index in [1.807, 2.05) is 0 Å². The van der Waals surface area contributed by atoms with E-state index >= 15 is 0 Å². The fourth-order valence-electron chi connectivity index (χ4n) is 2.06. The number of rotatable bonds is 1. The molecule has 0 unspecified atom stereocenters. The van der Waals surface area contributed by atoms with Gasteiger partial charge in [-0.1, -0.05) is 22.0 Å². The van der Waals surface area contributed by atoms with Gasteiger partial charge in [0.25, 0.3) is 0 Å². The van der Waals surface area contributed by atoms with E-state index in [-0.39, 0.29) is 0 Å². The Morgan fingerprint density at radius 3 is 2.93 bits per heavy atom. The van der Waals surface area contributed by atoms with Crippen molar-refractivity contribution in [1.82, 2.24) is 5.32 Å². The average Bonchev–Trinajstić information content (AvgIpc) is 2.40. The average molecular weight is 269 g/mol. The van der Waals surface area contributed by atoms with Gasteiger partial charge in [-0.3, -0.25) is 0 Å². The molecule has 2 rings (SSSR count). The molecule has 0 bridgehead atoms. The van der Waals surface area contributed by atoms with Crippen LogP contribution in [0.25, 0.3) is 0 Å². The molecule has 1 N–H and O–H groups in total. The zero-order chi connectivity index (χ0) is 10.8. The molecule has 1 aliphatic heterocycles. The van der Waals surface area contributed by atoms with Crippen LogP contribution in [0, 0.1) is 0 Å². The quantitative estimate of drug-likeness (QED) is 0.843. The maximum atomic E-state index is 3.63. The van der Waals surface area contributed by atoms with Gasteiger partial charge in [-0.05, 0) is 26.0 Å². The van der Waals surface area contributed by atoms with Gasteiger partial charge in [-0.15, -0.1) is 0 Å². The van der Waals surface area contributed by atoms with E-state index in [1.165, 1.54) is 15.7 Å². The second-order valence-electron chi connectivity index (χ2n) is 4.20. The Balaban J connectivity index is 2.45. The van der Waals surface area contributed by atoms with Crippen molar-refractivity contribution in [3.63, 3.8) is 0 Å². The lowest BCUT2D eigenvalue weighted by atomic mass is 10.1. The maximum absolute atomic E-state index is 3.63. The Bertz CT molecular complexity index is 349. The minimum Gasteiger partial charge on any atom is -0.368 e. The van der Waals surface area contributed by atoms with E-state index in [0.717, 1.165) is 19.6 Å². The number of nitrogens with zero attached hydrogens (tertiary/aromatic N) is 1. The number of benzene rings is 1. The summed E-state index contributed by atoms with van der Waals surface area (Å²) in [6.45, 7) is 7.59. The number of hydrogen-bond acceptors (Lipinski definition) is 2. The van der Waals surface area contributed by atoms with Gasteiger partial charge in [0.1, 0.15) is 0 Å². The summed E-state index contributed by atoms with van der Waals surface area (Å²) in [5, 5.41) is 3.46. The van der Waals surface area contributed by atoms with Crippen molar-refractivity contribution in [2.24, 2.45) is 0 Å². The molecule has 0 aromatic heterocycles. The highest BCUT2D eigenvalue weighted by Crippen LogP contribution is 2.30. The van der Waals surface area contributed by atoms with Gasteiger partial charge in [0.2, 0.25) is 0 Å². The van der Waals surface area contributed by atoms with Gasteiger partial charge in [0, 0.05) is 41.4 Å². The van der Waals surface area contributed by atoms with Crippen LogP contribution in [0.2, 0.25) is 0 Å². The first-order valence-corrected chi connectivity index (χ1v) is 6.24. The van der Waals surface area contributed by atoms with Crippen LogP contribution in [-0.4, -0.2) is 19.1 Å². The topological polar surface area (TPSA) is 15.3 Å². The molecule has 0 atom stereocenters. The monoisotopic (exact) mass is 268 g/mol. The third-order valence-corrected chi connectivity index (χ3v) is 3.60. The van der Waals surface area contributed by atoms with Gasteiger partial charge < -0.3 is 10.2 Å². The first-order chi connectivity index (χ1) is 7.20. The third kappa shape index (κ3) is 2.18. The summed E-state index contributed by atoms with van der Waals surface area (Å²) in [6.07, 6.45) is 0. The SMILES string of the molecule is CC(C)N1CCNCc2c(Br)cccc21. The largest absolute Gasteiger partial charge is 0.368 e. The first-order valence-electron chi connectivity index (χ1n) is 5.45. The highest BCUT2D eigenvalue weighted by atomic mass is 79.9. The van der Waals surface area contributed by atoms with Crippen LogP contribution >= 0.6 is 15.9 Å². The van der Waals surface area contributed by atoms with Crippen LogP contribution in [0.15, 0.2) is 22.7 Å². The third-order valence-electron chi connectivity index (χ3n) is 2.86. The summed E-state index contributed by atoms with van der Waals surface area (Å²) in [5.41, 5.74) is 2.74.